The zero-order valence-corrected chi connectivity index (χ0v) is 11.8. The molecule has 0 saturated heterocycles. The third kappa shape index (κ3) is 4.24. The molecule has 7 heteroatoms. The Bertz CT molecular complexity index is 542. The largest absolute Gasteiger partial charge is 0.483 e. The van der Waals surface area contributed by atoms with Crippen LogP contribution in [0.15, 0.2) is 29.8 Å². The normalized spacial score (nSPS) is 11.1. The minimum absolute atomic E-state index is 0.0133. The van der Waals surface area contributed by atoms with Gasteiger partial charge in [0.05, 0.1) is 12.0 Å². The van der Waals surface area contributed by atoms with E-state index in [1.807, 2.05) is 0 Å². The average molecular weight is 300 g/mol. The molecule has 6 nitrogen and oxygen atoms in total. The van der Waals surface area contributed by atoms with Crippen molar-refractivity contribution in [2.75, 3.05) is 13.7 Å². The number of benzene rings is 1. The van der Waals surface area contributed by atoms with Crippen LogP contribution < -0.4 is 4.74 Å². The van der Waals surface area contributed by atoms with E-state index in [2.05, 4.69) is 4.74 Å². The number of nitro benzene ring substituents is 1. The molecule has 0 heterocycles. The van der Waals surface area contributed by atoms with Crippen molar-refractivity contribution in [2.45, 2.75) is 13.3 Å². The van der Waals surface area contributed by atoms with E-state index in [1.54, 1.807) is 6.92 Å². The molecule has 1 aromatic rings. The minimum Gasteiger partial charge on any atom is -0.483 e. The van der Waals surface area contributed by atoms with Crippen LogP contribution in [0.25, 0.3) is 0 Å². The van der Waals surface area contributed by atoms with E-state index in [9.17, 15) is 14.9 Å². The van der Waals surface area contributed by atoms with Crippen LogP contribution in [0, 0.1) is 10.1 Å². The zero-order valence-electron chi connectivity index (χ0n) is 11.1. The van der Waals surface area contributed by atoms with Gasteiger partial charge < -0.3 is 9.47 Å². The molecule has 1 aromatic carbocycles. The van der Waals surface area contributed by atoms with Crippen LogP contribution in [0.3, 0.4) is 0 Å². The molecule has 0 radical (unpaired) electrons. The Labute approximate surface area is 121 Å². The van der Waals surface area contributed by atoms with Crippen molar-refractivity contribution < 1.29 is 19.2 Å². The third-order valence-electron chi connectivity index (χ3n) is 2.52. The summed E-state index contributed by atoms with van der Waals surface area (Å²) >= 11 is 5.77. The van der Waals surface area contributed by atoms with Crippen molar-refractivity contribution in [1.82, 2.24) is 0 Å². The van der Waals surface area contributed by atoms with Gasteiger partial charge >= 0.3 is 11.7 Å². The molecule has 0 saturated carbocycles. The first-order valence-electron chi connectivity index (χ1n) is 5.83. The van der Waals surface area contributed by atoms with Gasteiger partial charge in [-0.3, -0.25) is 10.1 Å². The van der Waals surface area contributed by atoms with E-state index < -0.39 is 10.9 Å². The monoisotopic (exact) mass is 299 g/mol. The molecule has 0 spiro atoms. The summed E-state index contributed by atoms with van der Waals surface area (Å²) in [5, 5.41) is 11.2. The lowest BCUT2D eigenvalue weighted by Crippen LogP contribution is -2.06. The lowest BCUT2D eigenvalue weighted by Gasteiger charge is -2.06. The molecule has 0 atom stereocenters. The van der Waals surface area contributed by atoms with Gasteiger partial charge in [0.1, 0.15) is 6.61 Å². The summed E-state index contributed by atoms with van der Waals surface area (Å²) in [5.41, 5.74) is 0.260. The standard InChI is InChI=1S/C13H14ClNO5/c1-3-9(13(16)19-2)6-7-20-12-8-10(14)4-5-11(12)15(17)18/h4-6,8H,3,7H2,1-2H3. The molecule has 0 unspecified atom stereocenters. The molecule has 0 amide bonds. The van der Waals surface area contributed by atoms with Crippen molar-refractivity contribution >= 4 is 23.3 Å². The number of nitrogens with zero attached hydrogens (tertiary/aromatic N) is 1. The molecular formula is C13H14ClNO5. The molecule has 0 bridgehead atoms. The molecule has 0 aliphatic rings. The van der Waals surface area contributed by atoms with Crippen molar-refractivity contribution in [1.29, 1.82) is 0 Å². The number of hydrogen-bond donors (Lipinski definition) is 0. The van der Waals surface area contributed by atoms with Crippen LogP contribution in [0.5, 0.6) is 5.75 Å². The number of methoxy groups -OCH3 is 1. The molecule has 0 aliphatic carbocycles. The topological polar surface area (TPSA) is 78.7 Å². The van der Waals surface area contributed by atoms with Gasteiger partial charge in [-0.05, 0) is 18.6 Å². The summed E-state index contributed by atoms with van der Waals surface area (Å²) < 4.78 is 9.89. The van der Waals surface area contributed by atoms with Gasteiger partial charge in [-0.15, -0.1) is 0 Å². The quantitative estimate of drug-likeness (QED) is 0.349. The predicted octanol–water partition coefficient (Wildman–Crippen LogP) is 3.14. The van der Waals surface area contributed by atoms with E-state index >= 15 is 0 Å². The Morgan fingerprint density at radius 2 is 2.20 bits per heavy atom. The molecule has 108 valence electrons. The molecule has 20 heavy (non-hydrogen) atoms. The molecule has 0 aliphatic heterocycles. The summed E-state index contributed by atoms with van der Waals surface area (Å²) in [4.78, 5) is 21.6. The van der Waals surface area contributed by atoms with Crippen LogP contribution in [0.2, 0.25) is 5.02 Å². The lowest BCUT2D eigenvalue weighted by atomic mass is 10.2. The third-order valence-corrected chi connectivity index (χ3v) is 2.75. The van der Waals surface area contributed by atoms with Crippen LogP contribution in [-0.2, 0) is 9.53 Å². The lowest BCUT2D eigenvalue weighted by molar-refractivity contribution is -0.385. The summed E-state index contributed by atoms with van der Waals surface area (Å²) in [6.07, 6.45) is 2.00. The van der Waals surface area contributed by atoms with Gasteiger partial charge in [-0.2, -0.15) is 0 Å². The number of carbonyl (C=O) groups is 1. The maximum absolute atomic E-state index is 11.3. The zero-order chi connectivity index (χ0) is 15.1. The Balaban J connectivity index is 2.84. The first kappa shape index (κ1) is 16.0. The summed E-state index contributed by atoms with van der Waals surface area (Å²) in [6, 6.07) is 4.04. The number of esters is 1. The summed E-state index contributed by atoms with van der Waals surface area (Å²) in [6.45, 7) is 1.81. The van der Waals surface area contributed by atoms with E-state index in [0.29, 0.717) is 17.0 Å². The second kappa shape index (κ2) is 7.49. The van der Waals surface area contributed by atoms with Gasteiger partial charge in [0.15, 0.2) is 5.75 Å². The van der Waals surface area contributed by atoms with Crippen LogP contribution >= 0.6 is 11.6 Å². The van der Waals surface area contributed by atoms with Crippen LogP contribution in [-0.4, -0.2) is 24.6 Å². The van der Waals surface area contributed by atoms with Crippen molar-refractivity contribution in [3.63, 3.8) is 0 Å². The van der Waals surface area contributed by atoms with Gasteiger partial charge in [-0.25, -0.2) is 4.79 Å². The number of halogens is 1. The van der Waals surface area contributed by atoms with E-state index in [0.717, 1.165) is 0 Å². The number of carbonyl (C=O) groups excluding carboxylic acids is 1. The molecular weight excluding hydrogens is 286 g/mol. The summed E-state index contributed by atoms with van der Waals surface area (Å²) in [5.74, 6) is -0.393. The average Bonchev–Trinajstić information content (AvgIpc) is 2.42. The predicted molar refractivity (Wildman–Crippen MR) is 74.0 cm³/mol. The molecule has 0 N–H and O–H groups in total. The fourth-order valence-corrected chi connectivity index (χ4v) is 1.65. The Morgan fingerprint density at radius 1 is 1.50 bits per heavy atom. The highest BCUT2D eigenvalue weighted by molar-refractivity contribution is 6.30. The van der Waals surface area contributed by atoms with E-state index in [1.165, 1.54) is 31.4 Å². The van der Waals surface area contributed by atoms with Gasteiger partial charge in [0.25, 0.3) is 0 Å². The molecule has 0 fully saturated rings. The maximum Gasteiger partial charge on any atom is 0.333 e. The molecule has 0 aromatic heterocycles. The smallest absolute Gasteiger partial charge is 0.333 e. The second-order valence-corrected chi connectivity index (χ2v) is 4.19. The second-order valence-electron chi connectivity index (χ2n) is 3.75. The van der Waals surface area contributed by atoms with Gasteiger partial charge in [0, 0.05) is 22.7 Å². The van der Waals surface area contributed by atoms with Gasteiger partial charge in [0.2, 0.25) is 0 Å². The highest BCUT2D eigenvalue weighted by Crippen LogP contribution is 2.29. The van der Waals surface area contributed by atoms with Crippen LogP contribution in [0.4, 0.5) is 5.69 Å². The Kier molecular flexibility index (Phi) is 5.99. The van der Waals surface area contributed by atoms with E-state index in [4.69, 9.17) is 16.3 Å². The first-order valence-corrected chi connectivity index (χ1v) is 6.21. The van der Waals surface area contributed by atoms with Crippen molar-refractivity contribution in [3.8, 4) is 5.75 Å². The van der Waals surface area contributed by atoms with Gasteiger partial charge in [-0.1, -0.05) is 18.5 Å². The fourth-order valence-electron chi connectivity index (χ4n) is 1.49. The number of nitro groups is 1. The SMILES string of the molecule is CCC(=CCOc1cc(Cl)ccc1[N+](=O)[O-])C(=O)OC. The number of rotatable bonds is 6. The minimum atomic E-state index is -0.559. The first-order chi connectivity index (χ1) is 9.49. The van der Waals surface area contributed by atoms with E-state index in [-0.39, 0.29) is 18.0 Å². The van der Waals surface area contributed by atoms with Crippen LogP contribution in [0.1, 0.15) is 13.3 Å². The fraction of sp³-hybridized carbons (Fsp3) is 0.308. The highest BCUT2D eigenvalue weighted by Gasteiger charge is 2.15. The Hall–Kier alpha value is -2.08. The molecule has 1 rings (SSSR count). The van der Waals surface area contributed by atoms with Crippen molar-refractivity contribution in [3.05, 3.63) is 45.0 Å². The summed E-state index contributed by atoms with van der Waals surface area (Å²) in [7, 11) is 1.29. The number of hydrogen-bond acceptors (Lipinski definition) is 5. The highest BCUT2D eigenvalue weighted by atomic mass is 35.5. The Morgan fingerprint density at radius 3 is 2.75 bits per heavy atom. The number of ether oxygens (including phenoxy) is 2. The maximum atomic E-state index is 11.3. The van der Waals surface area contributed by atoms with Crippen molar-refractivity contribution in [2.24, 2.45) is 0 Å².